The Morgan fingerprint density at radius 1 is 0.857 bits per heavy atom. The standard InChI is InChI=1S/C19H26N2/c1-18(2,3)16-8-11-21-17(12-16)14-19(4,5)13-15-6-9-20-10-7-15/h6-12H,13-14H2,1-5H3. The van der Waals surface area contributed by atoms with E-state index in [9.17, 15) is 0 Å². The van der Waals surface area contributed by atoms with E-state index in [0.717, 1.165) is 12.8 Å². The predicted molar refractivity (Wildman–Crippen MR) is 88.4 cm³/mol. The normalized spacial score (nSPS) is 12.4. The third kappa shape index (κ3) is 4.66. The Bertz CT molecular complexity index is 580. The van der Waals surface area contributed by atoms with E-state index in [1.54, 1.807) is 0 Å². The van der Waals surface area contributed by atoms with Gasteiger partial charge in [0.2, 0.25) is 0 Å². The molecule has 0 aliphatic carbocycles. The van der Waals surface area contributed by atoms with E-state index in [1.807, 2.05) is 18.6 Å². The smallest absolute Gasteiger partial charge is 0.0411 e. The Morgan fingerprint density at radius 2 is 1.52 bits per heavy atom. The molecule has 2 heterocycles. The molecule has 2 heteroatoms. The highest BCUT2D eigenvalue weighted by atomic mass is 14.7. The zero-order chi connectivity index (χ0) is 15.5. The number of nitrogens with zero attached hydrogens (tertiary/aromatic N) is 2. The van der Waals surface area contributed by atoms with Crippen molar-refractivity contribution in [2.24, 2.45) is 5.41 Å². The van der Waals surface area contributed by atoms with Gasteiger partial charge in [-0.05, 0) is 59.1 Å². The van der Waals surface area contributed by atoms with Crippen LogP contribution in [0.25, 0.3) is 0 Å². The lowest BCUT2D eigenvalue weighted by molar-refractivity contribution is 0.356. The molecule has 0 aliphatic heterocycles. The molecule has 0 aliphatic rings. The second kappa shape index (κ2) is 5.97. The average molecular weight is 282 g/mol. The van der Waals surface area contributed by atoms with E-state index in [2.05, 4.69) is 68.9 Å². The van der Waals surface area contributed by atoms with Gasteiger partial charge in [0, 0.05) is 24.3 Å². The minimum atomic E-state index is 0.174. The molecule has 0 spiro atoms. The van der Waals surface area contributed by atoms with Crippen LogP contribution in [0.5, 0.6) is 0 Å². The molecule has 0 fully saturated rings. The Hall–Kier alpha value is -1.70. The highest BCUT2D eigenvalue weighted by molar-refractivity contribution is 5.24. The largest absolute Gasteiger partial charge is 0.265 e. The fraction of sp³-hybridized carbons (Fsp3) is 0.474. The molecular weight excluding hydrogens is 256 g/mol. The van der Waals surface area contributed by atoms with Gasteiger partial charge in [-0.2, -0.15) is 0 Å². The summed E-state index contributed by atoms with van der Waals surface area (Å²) in [5.74, 6) is 0. The number of pyridine rings is 2. The Labute approximate surface area is 128 Å². The van der Waals surface area contributed by atoms with Gasteiger partial charge >= 0.3 is 0 Å². The summed E-state index contributed by atoms with van der Waals surface area (Å²) in [6.07, 6.45) is 7.70. The molecular formula is C19H26N2. The van der Waals surface area contributed by atoms with Crippen molar-refractivity contribution in [1.82, 2.24) is 9.97 Å². The quantitative estimate of drug-likeness (QED) is 0.820. The highest BCUT2D eigenvalue weighted by Crippen LogP contribution is 2.28. The lowest BCUT2D eigenvalue weighted by Crippen LogP contribution is -2.20. The Balaban J connectivity index is 2.13. The van der Waals surface area contributed by atoms with Gasteiger partial charge in [-0.1, -0.05) is 34.6 Å². The van der Waals surface area contributed by atoms with Crippen molar-refractivity contribution >= 4 is 0 Å². The minimum Gasteiger partial charge on any atom is -0.265 e. The second-order valence-electron chi connectivity index (χ2n) is 7.66. The maximum Gasteiger partial charge on any atom is 0.0411 e. The van der Waals surface area contributed by atoms with Gasteiger partial charge in [0.05, 0.1) is 0 Å². The maximum atomic E-state index is 4.57. The van der Waals surface area contributed by atoms with Crippen LogP contribution in [0.4, 0.5) is 0 Å². The molecule has 2 aromatic heterocycles. The summed E-state index contributed by atoms with van der Waals surface area (Å²) in [6, 6.07) is 8.58. The predicted octanol–water partition coefficient (Wildman–Crippen LogP) is 4.59. The molecule has 2 rings (SSSR count). The van der Waals surface area contributed by atoms with Crippen LogP contribution >= 0.6 is 0 Å². The number of hydrogen-bond acceptors (Lipinski definition) is 2. The molecule has 21 heavy (non-hydrogen) atoms. The SMILES string of the molecule is CC(C)(Cc1ccncc1)Cc1cc(C(C)(C)C)ccn1. The summed E-state index contributed by atoms with van der Waals surface area (Å²) in [7, 11) is 0. The molecule has 2 aromatic rings. The second-order valence-corrected chi connectivity index (χ2v) is 7.66. The summed E-state index contributed by atoms with van der Waals surface area (Å²) in [6.45, 7) is 11.3. The van der Waals surface area contributed by atoms with Crippen LogP contribution < -0.4 is 0 Å². The van der Waals surface area contributed by atoms with Crippen LogP contribution in [0.15, 0.2) is 42.9 Å². The number of aromatic nitrogens is 2. The Morgan fingerprint density at radius 3 is 2.14 bits per heavy atom. The van der Waals surface area contributed by atoms with Crippen molar-refractivity contribution in [1.29, 1.82) is 0 Å². The molecule has 0 bridgehead atoms. The van der Waals surface area contributed by atoms with E-state index in [4.69, 9.17) is 0 Å². The van der Waals surface area contributed by atoms with Gasteiger partial charge in [-0.3, -0.25) is 9.97 Å². The van der Waals surface area contributed by atoms with E-state index in [-0.39, 0.29) is 10.8 Å². The fourth-order valence-electron chi connectivity index (χ4n) is 2.65. The first kappa shape index (κ1) is 15.7. The van der Waals surface area contributed by atoms with E-state index in [0.29, 0.717) is 0 Å². The topological polar surface area (TPSA) is 25.8 Å². The summed E-state index contributed by atoms with van der Waals surface area (Å²) in [4.78, 5) is 8.65. The summed E-state index contributed by atoms with van der Waals surface area (Å²) in [5.41, 5.74) is 4.23. The first-order valence-corrected chi connectivity index (χ1v) is 7.61. The van der Waals surface area contributed by atoms with Crippen LogP contribution in [-0.4, -0.2) is 9.97 Å². The minimum absolute atomic E-state index is 0.174. The summed E-state index contributed by atoms with van der Waals surface area (Å²) in [5, 5.41) is 0. The molecule has 2 nitrogen and oxygen atoms in total. The molecule has 0 unspecified atom stereocenters. The van der Waals surface area contributed by atoms with Crippen molar-refractivity contribution in [2.45, 2.75) is 52.9 Å². The molecule has 0 amide bonds. The van der Waals surface area contributed by atoms with Crippen LogP contribution in [-0.2, 0) is 18.3 Å². The van der Waals surface area contributed by atoms with Crippen LogP contribution in [0, 0.1) is 5.41 Å². The van der Waals surface area contributed by atoms with Gasteiger partial charge in [0.25, 0.3) is 0 Å². The molecule has 0 atom stereocenters. The fourth-order valence-corrected chi connectivity index (χ4v) is 2.65. The lowest BCUT2D eigenvalue weighted by atomic mass is 9.80. The van der Waals surface area contributed by atoms with Gasteiger partial charge in [0.15, 0.2) is 0 Å². The van der Waals surface area contributed by atoms with Crippen LogP contribution in [0.2, 0.25) is 0 Å². The summed E-state index contributed by atoms with van der Waals surface area (Å²) >= 11 is 0. The number of hydrogen-bond donors (Lipinski definition) is 0. The first-order valence-electron chi connectivity index (χ1n) is 7.61. The monoisotopic (exact) mass is 282 g/mol. The number of rotatable bonds is 4. The van der Waals surface area contributed by atoms with Crippen molar-refractivity contribution in [3.05, 3.63) is 59.7 Å². The van der Waals surface area contributed by atoms with Gasteiger partial charge in [-0.25, -0.2) is 0 Å². The molecule has 0 aromatic carbocycles. The maximum absolute atomic E-state index is 4.57. The van der Waals surface area contributed by atoms with Crippen molar-refractivity contribution in [2.75, 3.05) is 0 Å². The zero-order valence-electron chi connectivity index (χ0n) is 13.9. The van der Waals surface area contributed by atoms with Gasteiger partial charge < -0.3 is 0 Å². The third-order valence-corrected chi connectivity index (χ3v) is 3.77. The molecule has 0 N–H and O–H groups in total. The van der Waals surface area contributed by atoms with Crippen LogP contribution in [0.3, 0.4) is 0 Å². The average Bonchev–Trinajstić information content (AvgIpc) is 2.38. The molecule has 0 radical (unpaired) electrons. The van der Waals surface area contributed by atoms with E-state index < -0.39 is 0 Å². The van der Waals surface area contributed by atoms with Gasteiger partial charge in [0.1, 0.15) is 0 Å². The van der Waals surface area contributed by atoms with Crippen molar-refractivity contribution in [3.63, 3.8) is 0 Å². The molecule has 0 saturated heterocycles. The van der Waals surface area contributed by atoms with E-state index >= 15 is 0 Å². The van der Waals surface area contributed by atoms with Crippen LogP contribution in [0.1, 0.15) is 51.4 Å². The zero-order valence-corrected chi connectivity index (χ0v) is 13.9. The Kier molecular flexibility index (Phi) is 4.46. The first-order chi connectivity index (χ1) is 9.76. The highest BCUT2D eigenvalue weighted by Gasteiger charge is 2.21. The lowest BCUT2D eigenvalue weighted by Gasteiger charge is -2.26. The summed E-state index contributed by atoms with van der Waals surface area (Å²) < 4.78 is 0. The van der Waals surface area contributed by atoms with Crippen molar-refractivity contribution in [3.8, 4) is 0 Å². The van der Waals surface area contributed by atoms with Crippen molar-refractivity contribution < 1.29 is 0 Å². The molecule has 0 saturated carbocycles. The van der Waals surface area contributed by atoms with Gasteiger partial charge in [-0.15, -0.1) is 0 Å². The molecule has 112 valence electrons. The third-order valence-electron chi connectivity index (χ3n) is 3.77. The van der Waals surface area contributed by atoms with E-state index in [1.165, 1.54) is 16.8 Å².